The summed E-state index contributed by atoms with van der Waals surface area (Å²) >= 11 is 0. The number of halogens is 2. The molecule has 0 radical (unpaired) electrons. The van der Waals surface area contributed by atoms with Crippen LogP contribution in [0, 0.1) is 17.6 Å². The van der Waals surface area contributed by atoms with Gasteiger partial charge in [-0.1, -0.05) is 26.0 Å². The molecule has 2 rings (SSSR count). The highest BCUT2D eigenvalue weighted by Gasteiger charge is 2.35. The second-order valence-corrected chi connectivity index (χ2v) is 8.19. The Morgan fingerprint density at radius 3 is 2.55 bits per heavy atom. The summed E-state index contributed by atoms with van der Waals surface area (Å²) in [6, 6.07) is 0.868. The van der Waals surface area contributed by atoms with Crippen LogP contribution >= 0.6 is 0 Å². The Kier molecular flexibility index (Phi) is 9.27. The summed E-state index contributed by atoms with van der Waals surface area (Å²) in [5.41, 5.74) is 0.00736. The van der Waals surface area contributed by atoms with Crippen LogP contribution < -0.4 is 10.6 Å². The first-order chi connectivity index (χ1) is 15.6. The molecule has 1 aliphatic heterocycles. The summed E-state index contributed by atoms with van der Waals surface area (Å²) in [7, 11) is 1.11. The quantitative estimate of drug-likeness (QED) is 0.432. The number of nitrogens with one attached hydrogen (secondary N) is 2. The molecule has 1 aromatic carbocycles. The van der Waals surface area contributed by atoms with Gasteiger partial charge in [0.25, 0.3) is 0 Å². The molecule has 1 saturated heterocycles. The molecule has 33 heavy (non-hydrogen) atoms. The fraction of sp³-hybridized carbons (Fsp3) is 0.545. The number of methoxy groups -OCH3 is 1. The Labute approximate surface area is 190 Å². The number of carbonyl (C=O) groups is 4. The Morgan fingerprint density at radius 2 is 1.94 bits per heavy atom. The van der Waals surface area contributed by atoms with Gasteiger partial charge in [0, 0.05) is 31.0 Å². The van der Waals surface area contributed by atoms with Crippen LogP contribution in [0.25, 0.3) is 0 Å². The highest BCUT2D eigenvalue weighted by atomic mass is 19.2. The van der Waals surface area contributed by atoms with Crippen molar-refractivity contribution in [3.8, 4) is 0 Å². The summed E-state index contributed by atoms with van der Waals surface area (Å²) in [5.74, 6) is -4.72. The van der Waals surface area contributed by atoms with E-state index in [0.29, 0.717) is 6.42 Å². The number of ether oxygens (including phenoxy) is 1. The van der Waals surface area contributed by atoms with Gasteiger partial charge in [0.1, 0.15) is 6.04 Å². The van der Waals surface area contributed by atoms with Gasteiger partial charge in [0.2, 0.25) is 17.7 Å². The predicted molar refractivity (Wildman–Crippen MR) is 112 cm³/mol. The van der Waals surface area contributed by atoms with E-state index in [1.807, 2.05) is 0 Å². The maximum atomic E-state index is 14.0. The predicted octanol–water partition coefficient (Wildman–Crippen LogP) is 0.637. The van der Waals surface area contributed by atoms with Gasteiger partial charge in [-0.25, -0.2) is 13.6 Å². The van der Waals surface area contributed by atoms with Crippen molar-refractivity contribution < 1.29 is 37.8 Å². The van der Waals surface area contributed by atoms with E-state index in [0.717, 1.165) is 13.2 Å². The minimum absolute atomic E-state index is 0.00736. The fourth-order valence-corrected chi connectivity index (χ4v) is 3.64. The first kappa shape index (κ1) is 26.2. The van der Waals surface area contributed by atoms with E-state index in [2.05, 4.69) is 15.4 Å². The monoisotopic (exact) mass is 469 g/mol. The zero-order valence-corrected chi connectivity index (χ0v) is 18.8. The van der Waals surface area contributed by atoms with Crippen LogP contribution in [0.5, 0.6) is 0 Å². The summed E-state index contributed by atoms with van der Waals surface area (Å²) < 4.78 is 32.1. The number of rotatable bonds is 10. The maximum absolute atomic E-state index is 14.0. The third-order valence-corrected chi connectivity index (χ3v) is 5.50. The van der Waals surface area contributed by atoms with Gasteiger partial charge in [-0.15, -0.1) is 0 Å². The number of nitrogens with zero attached hydrogens (tertiary/aromatic N) is 1. The number of hydrogen-bond donors (Lipinski definition) is 3. The molecule has 182 valence electrons. The average Bonchev–Trinajstić information content (AvgIpc) is 3.11. The highest BCUT2D eigenvalue weighted by Crippen LogP contribution is 2.25. The van der Waals surface area contributed by atoms with E-state index in [1.165, 1.54) is 17.0 Å². The molecule has 0 unspecified atom stereocenters. The van der Waals surface area contributed by atoms with Gasteiger partial charge in [-0.3, -0.25) is 14.4 Å². The minimum Gasteiger partial charge on any atom is -0.467 e. The van der Waals surface area contributed by atoms with Crippen LogP contribution in [0.4, 0.5) is 8.78 Å². The average molecular weight is 469 g/mol. The van der Waals surface area contributed by atoms with Crippen LogP contribution in [0.1, 0.15) is 38.7 Å². The third-order valence-electron chi connectivity index (χ3n) is 5.50. The number of esters is 1. The van der Waals surface area contributed by atoms with Crippen molar-refractivity contribution in [2.75, 3.05) is 13.7 Å². The molecule has 11 heteroatoms. The smallest absolute Gasteiger partial charge is 0.330 e. The zero-order valence-electron chi connectivity index (χ0n) is 18.8. The first-order valence-corrected chi connectivity index (χ1v) is 10.6. The molecule has 1 fully saturated rings. The van der Waals surface area contributed by atoms with E-state index in [9.17, 15) is 33.1 Å². The molecule has 0 bridgehead atoms. The van der Waals surface area contributed by atoms with Crippen molar-refractivity contribution >= 4 is 23.7 Å². The highest BCUT2D eigenvalue weighted by molar-refractivity contribution is 5.91. The van der Waals surface area contributed by atoms with Gasteiger partial charge >= 0.3 is 5.97 Å². The molecular weight excluding hydrogens is 440 g/mol. The SMILES string of the molecule is COC(=O)[C@H](CO)NC(=O)[C@H](NC(=O)C[C@@H]1CCC(=O)N1Cc1cccc(F)c1F)C(C)C. The van der Waals surface area contributed by atoms with Crippen molar-refractivity contribution in [2.45, 2.75) is 57.8 Å². The van der Waals surface area contributed by atoms with Gasteiger partial charge in [0.15, 0.2) is 17.7 Å². The van der Waals surface area contributed by atoms with Crippen LogP contribution in [0.2, 0.25) is 0 Å². The molecule has 0 spiro atoms. The lowest BCUT2D eigenvalue weighted by Crippen LogP contribution is -2.55. The van der Waals surface area contributed by atoms with Crippen molar-refractivity contribution in [1.29, 1.82) is 0 Å². The number of carbonyl (C=O) groups excluding carboxylic acids is 4. The van der Waals surface area contributed by atoms with Gasteiger partial charge in [-0.2, -0.15) is 0 Å². The number of benzene rings is 1. The van der Waals surface area contributed by atoms with Gasteiger partial charge in [-0.05, 0) is 18.4 Å². The van der Waals surface area contributed by atoms with Crippen LogP contribution in [0.3, 0.4) is 0 Å². The zero-order chi connectivity index (χ0) is 24.7. The molecule has 0 saturated carbocycles. The molecule has 1 aliphatic rings. The summed E-state index contributed by atoms with van der Waals surface area (Å²) in [6.45, 7) is 2.53. The molecular formula is C22H29F2N3O6. The number of aliphatic hydroxyl groups is 1. The molecule has 0 aliphatic carbocycles. The van der Waals surface area contributed by atoms with Crippen LogP contribution in [-0.4, -0.2) is 65.5 Å². The van der Waals surface area contributed by atoms with Crippen molar-refractivity contribution in [3.63, 3.8) is 0 Å². The van der Waals surface area contributed by atoms with Crippen molar-refractivity contribution in [2.24, 2.45) is 5.92 Å². The van der Waals surface area contributed by atoms with Crippen LogP contribution in [0.15, 0.2) is 18.2 Å². The summed E-state index contributed by atoms with van der Waals surface area (Å²) in [5, 5.41) is 14.2. The number of aliphatic hydroxyl groups excluding tert-OH is 1. The molecule has 1 heterocycles. The summed E-state index contributed by atoms with van der Waals surface area (Å²) in [6.07, 6.45) is 0.385. The number of likely N-dealkylation sites (tertiary alicyclic amines) is 1. The minimum atomic E-state index is -1.27. The summed E-state index contributed by atoms with van der Waals surface area (Å²) in [4.78, 5) is 50.5. The normalized spacial score (nSPS) is 17.6. The van der Waals surface area contributed by atoms with Crippen molar-refractivity contribution in [3.05, 3.63) is 35.4 Å². The lowest BCUT2D eigenvalue weighted by atomic mass is 10.0. The van der Waals surface area contributed by atoms with E-state index in [-0.39, 0.29) is 36.8 Å². The van der Waals surface area contributed by atoms with E-state index in [4.69, 9.17) is 0 Å². The molecule has 1 aromatic rings. The van der Waals surface area contributed by atoms with Gasteiger partial charge in [0.05, 0.1) is 13.7 Å². The molecule has 3 atom stereocenters. The van der Waals surface area contributed by atoms with E-state index >= 15 is 0 Å². The Bertz CT molecular complexity index is 895. The standard InChI is InChI=1S/C22H29F2N3O6/c1-12(2)20(21(31)25-16(11-28)22(32)33-3)26-17(29)9-14-7-8-18(30)27(14)10-13-5-4-6-15(23)19(13)24/h4-6,12,14,16,20,28H,7-11H2,1-3H3,(H,25,31)(H,26,29)/t14-,16-,20+/m0/s1. The lowest BCUT2D eigenvalue weighted by molar-refractivity contribution is -0.146. The van der Waals surface area contributed by atoms with Crippen molar-refractivity contribution in [1.82, 2.24) is 15.5 Å². The Hall–Kier alpha value is -3.08. The Balaban J connectivity index is 2.05. The van der Waals surface area contributed by atoms with Gasteiger partial charge < -0.3 is 25.4 Å². The first-order valence-electron chi connectivity index (χ1n) is 10.6. The van der Waals surface area contributed by atoms with Crippen LogP contribution in [-0.2, 0) is 30.5 Å². The maximum Gasteiger partial charge on any atom is 0.330 e. The topological polar surface area (TPSA) is 125 Å². The molecule has 0 aromatic heterocycles. The third kappa shape index (κ3) is 6.70. The molecule has 9 nitrogen and oxygen atoms in total. The Morgan fingerprint density at radius 1 is 1.24 bits per heavy atom. The second kappa shape index (κ2) is 11.7. The number of amides is 3. The fourth-order valence-electron chi connectivity index (χ4n) is 3.64. The number of hydrogen-bond acceptors (Lipinski definition) is 6. The van der Waals surface area contributed by atoms with E-state index in [1.54, 1.807) is 13.8 Å². The molecule has 3 amide bonds. The second-order valence-electron chi connectivity index (χ2n) is 8.19. The van der Waals surface area contributed by atoms with E-state index < -0.39 is 54.2 Å². The molecule has 3 N–H and O–H groups in total. The lowest BCUT2D eigenvalue weighted by Gasteiger charge is -2.27. The largest absolute Gasteiger partial charge is 0.467 e.